The van der Waals surface area contributed by atoms with Crippen LogP contribution in [0, 0.1) is 18.3 Å². The molecule has 0 amide bonds. The van der Waals surface area contributed by atoms with E-state index in [0.29, 0.717) is 23.8 Å². The van der Waals surface area contributed by atoms with Gasteiger partial charge in [-0.15, -0.1) is 0 Å². The zero-order chi connectivity index (χ0) is 21.4. The molecule has 6 nitrogen and oxygen atoms in total. The van der Waals surface area contributed by atoms with Gasteiger partial charge in [-0.25, -0.2) is 0 Å². The summed E-state index contributed by atoms with van der Waals surface area (Å²) in [6.07, 6.45) is 1.98. The van der Waals surface area contributed by atoms with E-state index in [0.717, 1.165) is 30.7 Å². The van der Waals surface area contributed by atoms with Crippen molar-refractivity contribution >= 4 is 0 Å². The van der Waals surface area contributed by atoms with Crippen molar-refractivity contribution in [3.63, 3.8) is 0 Å². The van der Waals surface area contributed by atoms with E-state index in [1.54, 1.807) is 4.57 Å². The normalized spacial score (nSPS) is 20.8. The first kappa shape index (κ1) is 20.2. The summed E-state index contributed by atoms with van der Waals surface area (Å²) in [6.45, 7) is 7.37. The van der Waals surface area contributed by atoms with E-state index in [1.165, 1.54) is 5.56 Å². The number of rotatable bonds is 4. The first-order valence-electron chi connectivity index (χ1n) is 10.4. The molecule has 0 radical (unpaired) electrons. The SMILES string of the molecule is Cc1cc2c(c(=O)n1C[C@@H]1CCCO1)[C@H](c1ccc(C(C)C)cc1)C(C#N)=C(N)O2. The molecule has 2 aliphatic heterocycles. The van der Waals surface area contributed by atoms with Crippen LogP contribution in [0.3, 0.4) is 0 Å². The topological polar surface area (TPSA) is 90.3 Å². The van der Waals surface area contributed by atoms with Crippen LogP contribution in [0.25, 0.3) is 0 Å². The summed E-state index contributed by atoms with van der Waals surface area (Å²) in [7, 11) is 0. The fourth-order valence-corrected chi connectivity index (χ4v) is 4.31. The lowest BCUT2D eigenvalue weighted by Gasteiger charge is -2.28. The van der Waals surface area contributed by atoms with Crippen molar-refractivity contribution in [2.45, 2.75) is 58.1 Å². The van der Waals surface area contributed by atoms with E-state index in [2.05, 4.69) is 19.9 Å². The number of aromatic nitrogens is 1. The Labute approximate surface area is 176 Å². The van der Waals surface area contributed by atoms with Gasteiger partial charge in [-0.2, -0.15) is 5.26 Å². The minimum Gasteiger partial charge on any atom is -0.440 e. The number of hydrogen-bond acceptors (Lipinski definition) is 5. The molecule has 0 bridgehead atoms. The third-order valence-corrected chi connectivity index (χ3v) is 6.04. The van der Waals surface area contributed by atoms with Gasteiger partial charge in [0.15, 0.2) is 0 Å². The third kappa shape index (κ3) is 3.50. The third-order valence-electron chi connectivity index (χ3n) is 6.04. The van der Waals surface area contributed by atoms with Crippen LogP contribution >= 0.6 is 0 Å². The Balaban J connectivity index is 1.86. The average Bonchev–Trinajstić information content (AvgIpc) is 3.23. The molecule has 156 valence electrons. The summed E-state index contributed by atoms with van der Waals surface area (Å²) >= 11 is 0. The van der Waals surface area contributed by atoms with Crippen molar-refractivity contribution in [2.75, 3.05) is 6.61 Å². The maximum Gasteiger partial charge on any atom is 0.258 e. The van der Waals surface area contributed by atoms with Gasteiger partial charge >= 0.3 is 0 Å². The molecule has 1 aromatic carbocycles. The second kappa shape index (κ2) is 8.00. The highest BCUT2D eigenvalue weighted by molar-refractivity contribution is 5.55. The van der Waals surface area contributed by atoms with E-state index in [-0.39, 0.29) is 23.1 Å². The fourth-order valence-electron chi connectivity index (χ4n) is 4.31. The van der Waals surface area contributed by atoms with E-state index >= 15 is 0 Å². The standard InChI is InChI=1S/C24H27N3O3/c1-14(2)16-6-8-17(9-7-16)21-19(12-25)23(26)30-20-11-15(3)27(24(28)22(20)21)13-18-5-4-10-29-18/h6-9,11,14,18,21H,4-5,10,13,26H2,1-3H3/t18-,21+/m0/s1. The molecule has 0 unspecified atom stereocenters. The van der Waals surface area contributed by atoms with Crippen LogP contribution in [0.5, 0.6) is 5.75 Å². The van der Waals surface area contributed by atoms with Crippen LogP contribution in [0.4, 0.5) is 0 Å². The number of allylic oxidation sites excluding steroid dienone is 1. The van der Waals surface area contributed by atoms with Gasteiger partial charge in [0.25, 0.3) is 5.56 Å². The number of nitrogens with two attached hydrogens (primary N) is 1. The number of aryl methyl sites for hydroxylation is 1. The highest BCUT2D eigenvalue weighted by atomic mass is 16.5. The Kier molecular flexibility index (Phi) is 5.40. The summed E-state index contributed by atoms with van der Waals surface area (Å²) in [5, 5.41) is 9.81. The molecule has 6 heteroatoms. The monoisotopic (exact) mass is 405 g/mol. The summed E-state index contributed by atoms with van der Waals surface area (Å²) in [4.78, 5) is 13.6. The second-order valence-corrected chi connectivity index (χ2v) is 8.36. The van der Waals surface area contributed by atoms with E-state index in [1.807, 2.05) is 37.3 Å². The summed E-state index contributed by atoms with van der Waals surface area (Å²) in [5.41, 5.74) is 9.50. The number of nitrogens with zero attached hydrogens (tertiary/aromatic N) is 2. The van der Waals surface area contributed by atoms with Gasteiger partial charge in [-0.05, 0) is 36.8 Å². The predicted octanol–water partition coefficient (Wildman–Crippen LogP) is 3.68. The quantitative estimate of drug-likeness (QED) is 0.838. The molecule has 1 aromatic heterocycles. The number of fused-ring (bicyclic) bond motifs is 1. The number of benzene rings is 1. The van der Waals surface area contributed by atoms with Gasteiger partial charge in [0.05, 0.1) is 24.1 Å². The van der Waals surface area contributed by atoms with Crippen molar-refractivity contribution in [3.05, 3.63) is 74.5 Å². The molecule has 3 heterocycles. The molecule has 2 atom stereocenters. The van der Waals surface area contributed by atoms with Gasteiger partial charge in [-0.1, -0.05) is 38.1 Å². The zero-order valence-electron chi connectivity index (χ0n) is 17.6. The molecule has 0 spiro atoms. The zero-order valence-corrected chi connectivity index (χ0v) is 17.6. The number of nitriles is 1. The van der Waals surface area contributed by atoms with Crippen molar-refractivity contribution in [3.8, 4) is 11.8 Å². The summed E-state index contributed by atoms with van der Waals surface area (Å²) in [6, 6.07) is 12.0. The Hall–Kier alpha value is -3.04. The molecule has 0 aliphatic carbocycles. The minimum atomic E-state index is -0.552. The van der Waals surface area contributed by atoms with Gasteiger partial charge in [-0.3, -0.25) is 4.79 Å². The molecule has 2 aliphatic rings. The molecule has 2 N–H and O–H groups in total. The van der Waals surface area contributed by atoms with Crippen LogP contribution in [0.2, 0.25) is 0 Å². The smallest absolute Gasteiger partial charge is 0.258 e. The number of pyridine rings is 1. The largest absolute Gasteiger partial charge is 0.440 e. The molecule has 0 saturated carbocycles. The Bertz CT molecular complexity index is 1080. The van der Waals surface area contributed by atoms with Crippen molar-refractivity contribution < 1.29 is 9.47 Å². The lowest BCUT2D eigenvalue weighted by molar-refractivity contribution is 0.0955. The van der Waals surface area contributed by atoms with E-state index in [9.17, 15) is 10.1 Å². The molecule has 1 saturated heterocycles. The molecular weight excluding hydrogens is 378 g/mol. The summed E-state index contributed by atoms with van der Waals surface area (Å²) < 4.78 is 13.2. The van der Waals surface area contributed by atoms with E-state index < -0.39 is 5.92 Å². The Morgan fingerprint density at radius 3 is 2.63 bits per heavy atom. The van der Waals surface area contributed by atoms with Crippen molar-refractivity contribution in [2.24, 2.45) is 5.73 Å². The first-order chi connectivity index (χ1) is 14.4. The van der Waals surface area contributed by atoms with Crippen molar-refractivity contribution in [1.29, 1.82) is 5.26 Å². The lowest BCUT2D eigenvalue weighted by atomic mass is 9.83. The van der Waals surface area contributed by atoms with Gasteiger partial charge in [0.1, 0.15) is 17.4 Å². The summed E-state index contributed by atoms with van der Waals surface area (Å²) in [5.74, 6) is 0.321. The van der Waals surface area contributed by atoms with Gasteiger partial charge in [0, 0.05) is 18.4 Å². The van der Waals surface area contributed by atoms with Gasteiger partial charge in [0.2, 0.25) is 5.88 Å². The Morgan fingerprint density at radius 2 is 2.03 bits per heavy atom. The first-order valence-corrected chi connectivity index (χ1v) is 10.4. The predicted molar refractivity (Wildman–Crippen MR) is 114 cm³/mol. The maximum absolute atomic E-state index is 13.6. The van der Waals surface area contributed by atoms with Crippen LogP contribution in [0.15, 0.2) is 46.6 Å². The highest BCUT2D eigenvalue weighted by Crippen LogP contribution is 2.40. The molecule has 2 aromatic rings. The van der Waals surface area contributed by atoms with Gasteiger partial charge < -0.3 is 19.8 Å². The Morgan fingerprint density at radius 1 is 1.30 bits per heavy atom. The minimum absolute atomic E-state index is 0.0313. The van der Waals surface area contributed by atoms with Crippen LogP contribution in [-0.4, -0.2) is 17.3 Å². The fraction of sp³-hybridized carbons (Fsp3) is 0.417. The van der Waals surface area contributed by atoms with Crippen LogP contribution in [0.1, 0.15) is 60.9 Å². The molecule has 30 heavy (non-hydrogen) atoms. The molecule has 1 fully saturated rings. The maximum atomic E-state index is 13.6. The second-order valence-electron chi connectivity index (χ2n) is 8.36. The van der Waals surface area contributed by atoms with Crippen LogP contribution in [-0.2, 0) is 11.3 Å². The van der Waals surface area contributed by atoms with Crippen molar-refractivity contribution in [1.82, 2.24) is 4.57 Å². The van der Waals surface area contributed by atoms with Crippen LogP contribution < -0.4 is 16.0 Å². The highest BCUT2D eigenvalue weighted by Gasteiger charge is 2.34. The van der Waals surface area contributed by atoms with E-state index in [4.69, 9.17) is 15.2 Å². The number of hydrogen-bond donors (Lipinski definition) is 1. The lowest BCUT2D eigenvalue weighted by Crippen LogP contribution is -2.35. The molecular formula is C24H27N3O3. The number of ether oxygens (including phenoxy) is 2. The molecule has 4 rings (SSSR count). The average molecular weight is 405 g/mol.